The van der Waals surface area contributed by atoms with Crippen molar-refractivity contribution >= 4 is 34.1 Å². The molecule has 2 N–H and O–H groups in total. The van der Waals surface area contributed by atoms with E-state index in [0.717, 1.165) is 5.56 Å². The lowest BCUT2D eigenvalue weighted by molar-refractivity contribution is -0.142. The van der Waals surface area contributed by atoms with Gasteiger partial charge in [0.15, 0.2) is 5.76 Å². The molecule has 1 aliphatic heterocycles. The SMILES string of the molecule is Cc1cc(NC(=O)c2ccco2)sc1C(=O)N1CCC(C(=O)O)C1C. The van der Waals surface area contributed by atoms with Crippen molar-refractivity contribution in [1.82, 2.24) is 4.90 Å². The molecule has 3 heterocycles. The van der Waals surface area contributed by atoms with Crippen LogP contribution in [0.1, 0.15) is 39.1 Å². The second kappa shape index (κ2) is 6.72. The maximum absolute atomic E-state index is 12.8. The minimum Gasteiger partial charge on any atom is -0.481 e. The minimum atomic E-state index is -0.878. The highest BCUT2D eigenvalue weighted by atomic mass is 32.1. The van der Waals surface area contributed by atoms with E-state index in [9.17, 15) is 19.5 Å². The molecule has 2 aromatic rings. The van der Waals surface area contributed by atoms with Crippen molar-refractivity contribution in [2.24, 2.45) is 5.92 Å². The van der Waals surface area contributed by atoms with E-state index >= 15 is 0 Å². The molecule has 1 aliphatic rings. The van der Waals surface area contributed by atoms with Crippen LogP contribution in [0.4, 0.5) is 5.00 Å². The zero-order valence-corrected chi connectivity index (χ0v) is 14.6. The third-order valence-electron chi connectivity index (χ3n) is 4.43. The van der Waals surface area contributed by atoms with Gasteiger partial charge in [-0.25, -0.2) is 0 Å². The summed E-state index contributed by atoms with van der Waals surface area (Å²) in [6, 6.07) is 4.55. The fourth-order valence-electron chi connectivity index (χ4n) is 3.02. The van der Waals surface area contributed by atoms with E-state index in [1.165, 1.54) is 17.6 Å². The Balaban J connectivity index is 1.75. The van der Waals surface area contributed by atoms with Crippen LogP contribution < -0.4 is 5.32 Å². The highest BCUT2D eigenvalue weighted by Gasteiger charge is 2.39. The highest BCUT2D eigenvalue weighted by Crippen LogP contribution is 2.32. The zero-order valence-electron chi connectivity index (χ0n) is 13.8. The summed E-state index contributed by atoms with van der Waals surface area (Å²) in [5.74, 6) is -1.81. The number of hydrogen-bond acceptors (Lipinski definition) is 5. The topological polar surface area (TPSA) is 99.9 Å². The van der Waals surface area contributed by atoms with Gasteiger partial charge in [0.1, 0.15) is 0 Å². The summed E-state index contributed by atoms with van der Waals surface area (Å²) in [6.45, 7) is 3.97. The smallest absolute Gasteiger partial charge is 0.308 e. The number of nitrogens with zero attached hydrogens (tertiary/aromatic N) is 1. The number of anilines is 1. The predicted molar refractivity (Wildman–Crippen MR) is 92.0 cm³/mol. The van der Waals surface area contributed by atoms with Crippen molar-refractivity contribution in [2.45, 2.75) is 26.3 Å². The zero-order chi connectivity index (χ0) is 18.1. The number of carboxylic acids is 1. The van der Waals surface area contributed by atoms with E-state index in [1.54, 1.807) is 36.9 Å². The highest BCUT2D eigenvalue weighted by molar-refractivity contribution is 7.18. The molecule has 8 heteroatoms. The van der Waals surface area contributed by atoms with Gasteiger partial charge in [0.25, 0.3) is 11.8 Å². The van der Waals surface area contributed by atoms with E-state index in [0.29, 0.717) is 22.8 Å². The second-order valence-electron chi connectivity index (χ2n) is 6.03. The van der Waals surface area contributed by atoms with Crippen LogP contribution in [0.2, 0.25) is 0 Å². The molecule has 25 heavy (non-hydrogen) atoms. The van der Waals surface area contributed by atoms with E-state index in [2.05, 4.69) is 5.32 Å². The van der Waals surface area contributed by atoms with Crippen LogP contribution in [0.5, 0.6) is 0 Å². The number of carbonyl (C=O) groups is 3. The molecule has 7 nitrogen and oxygen atoms in total. The molecule has 1 fully saturated rings. The molecule has 0 saturated carbocycles. The number of rotatable bonds is 4. The monoisotopic (exact) mass is 362 g/mol. The van der Waals surface area contributed by atoms with Crippen molar-refractivity contribution in [1.29, 1.82) is 0 Å². The summed E-state index contributed by atoms with van der Waals surface area (Å²) in [4.78, 5) is 38.1. The number of amides is 2. The first kappa shape index (κ1) is 17.2. The van der Waals surface area contributed by atoms with Crippen molar-refractivity contribution in [3.63, 3.8) is 0 Å². The Morgan fingerprint density at radius 2 is 2.16 bits per heavy atom. The van der Waals surface area contributed by atoms with Gasteiger partial charge in [0, 0.05) is 12.6 Å². The first-order chi connectivity index (χ1) is 11.9. The Morgan fingerprint density at radius 1 is 1.40 bits per heavy atom. The van der Waals surface area contributed by atoms with Gasteiger partial charge in [-0.1, -0.05) is 0 Å². The molecule has 0 spiro atoms. The predicted octanol–water partition coefficient (Wildman–Crippen LogP) is 2.84. The van der Waals surface area contributed by atoms with Crippen LogP contribution in [0.15, 0.2) is 28.9 Å². The van der Waals surface area contributed by atoms with Gasteiger partial charge >= 0.3 is 5.97 Å². The molecule has 2 atom stereocenters. The van der Waals surface area contributed by atoms with Gasteiger partial charge in [-0.05, 0) is 44.0 Å². The van der Waals surface area contributed by atoms with Gasteiger partial charge in [-0.15, -0.1) is 11.3 Å². The average molecular weight is 362 g/mol. The first-order valence-electron chi connectivity index (χ1n) is 7.87. The Bertz CT molecular complexity index is 811. The van der Waals surface area contributed by atoms with Gasteiger partial charge in [-0.3, -0.25) is 14.4 Å². The molecule has 0 aliphatic carbocycles. The number of aryl methyl sites for hydroxylation is 1. The number of aliphatic carboxylic acids is 1. The number of carbonyl (C=O) groups excluding carboxylic acids is 2. The molecular weight excluding hydrogens is 344 g/mol. The van der Waals surface area contributed by atoms with Crippen LogP contribution in [0, 0.1) is 12.8 Å². The Labute approximate surface area is 148 Å². The summed E-state index contributed by atoms with van der Waals surface area (Å²) < 4.78 is 5.04. The van der Waals surface area contributed by atoms with Gasteiger partial charge < -0.3 is 19.7 Å². The standard InChI is InChI=1S/C17H18N2O5S/c1-9-8-13(18-15(20)12-4-3-7-24-12)25-14(9)16(21)19-6-5-11(10(19)2)17(22)23/h3-4,7-8,10-11H,5-6H2,1-2H3,(H,18,20)(H,22,23). The number of carboxylic acid groups (broad SMARTS) is 1. The third kappa shape index (κ3) is 3.30. The van der Waals surface area contributed by atoms with Crippen molar-refractivity contribution in [2.75, 3.05) is 11.9 Å². The van der Waals surface area contributed by atoms with E-state index in [1.807, 2.05) is 0 Å². The molecule has 2 amide bonds. The van der Waals surface area contributed by atoms with Crippen LogP contribution >= 0.6 is 11.3 Å². The Morgan fingerprint density at radius 3 is 2.76 bits per heavy atom. The molecule has 0 aromatic carbocycles. The molecule has 1 saturated heterocycles. The molecule has 3 rings (SSSR count). The molecule has 2 unspecified atom stereocenters. The molecule has 132 valence electrons. The molecule has 2 aromatic heterocycles. The lowest BCUT2D eigenvalue weighted by Crippen LogP contribution is -2.37. The number of thiophene rings is 1. The Kier molecular flexibility index (Phi) is 4.63. The summed E-state index contributed by atoms with van der Waals surface area (Å²) in [5.41, 5.74) is 0.746. The number of likely N-dealkylation sites (tertiary alicyclic amines) is 1. The number of furan rings is 1. The first-order valence-corrected chi connectivity index (χ1v) is 8.69. The van der Waals surface area contributed by atoms with Crippen LogP contribution in [-0.4, -0.2) is 40.4 Å². The molecular formula is C17H18N2O5S. The Hall–Kier alpha value is -2.61. The van der Waals surface area contributed by atoms with Crippen LogP contribution in [0.3, 0.4) is 0 Å². The van der Waals surface area contributed by atoms with Gasteiger partial charge in [0.05, 0.1) is 22.1 Å². The van der Waals surface area contributed by atoms with Crippen molar-refractivity contribution < 1.29 is 23.9 Å². The lowest BCUT2D eigenvalue weighted by Gasteiger charge is -2.23. The van der Waals surface area contributed by atoms with Crippen LogP contribution in [0.25, 0.3) is 0 Å². The summed E-state index contributed by atoms with van der Waals surface area (Å²) in [6.07, 6.45) is 1.87. The third-order valence-corrected chi connectivity index (χ3v) is 5.57. The van der Waals surface area contributed by atoms with Crippen molar-refractivity contribution in [3.8, 4) is 0 Å². The lowest BCUT2D eigenvalue weighted by atomic mass is 10.0. The van der Waals surface area contributed by atoms with E-state index < -0.39 is 11.9 Å². The van der Waals surface area contributed by atoms with Crippen molar-refractivity contribution in [3.05, 3.63) is 40.7 Å². The largest absolute Gasteiger partial charge is 0.481 e. The average Bonchev–Trinajstić information content (AvgIpc) is 3.26. The van der Waals surface area contributed by atoms with Crippen LogP contribution in [-0.2, 0) is 4.79 Å². The summed E-state index contributed by atoms with van der Waals surface area (Å²) in [5, 5.41) is 12.5. The van der Waals surface area contributed by atoms with E-state index in [-0.39, 0.29) is 23.6 Å². The fourth-order valence-corrected chi connectivity index (χ4v) is 4.05. The quantitative estimate of drug-likeness (QED) is 0.871. The summed E-state index contributed by atoms with van der Waals surface area (Å²) >= 11 is 1.18. The molecule has 0 radical (unpaired) electrons. The second-order valence-corrected chi connectivity index (χ2v) is 7.08. The number of nitrogens with one attached hydrogen (secondary N) is 1. The summed E-state index contributed by atoms with van der Waals surface area (Å²) in [7, 11) is 0. The maximum atomic E-state index is 12.8. The van der Waals surface area contributed by atoms with Gasteiger partial charge in [-0.2, -0.15) is 0 Å². The number of hydrogen-bond donors (Lipinski definition) is 2. The van der Waals surface area contributed by atoms with Gasteiger partial charge in [0.2, 0.25) is 0 Å². The molecule has 0 bridgehead atoms. The minimum absolute atomic E-state index is 0.191. The normalized spacial score (nSPS) is 19.8. The maximum Gasteiger partial charge on any atom is 0.308 e. The fraction of sp³-hybridized carbons (Fsp3) is 0.353. The van der Waals surface area contributed by atoms with E-state index in [4.69, 9.17) is 4.42 Å².